The zero-order chi connectivity index (χ0) is 8.06. The molecule has 2 heterocycles. The molecule has 4 nitrogen and oxygen atoms in total. The Labute approximate surface area is 64.7 Å². The van der Waals surface area contributed by atoms with Crippen LogP contribution in [0, 0.1) is 0 Å². The predicted molar refractivity (Wildman–Crippen MR) is 36.1 cm³/mol. The van der Waals surface area contributed by atoms with E-state index in [2.05, 4.69) is 0 Å². The van der Waals surface area contributed by atoms with E-state index in [9.17, 15) is 5.11 Å². The van der Waals surface area contributed by atoms with Crippen molar-refractivity contribution < 1.29 is 19.7 Å². The topological polar surface area (TPSA) is 58.9 Å². The van der Waals surface area contributed by atoms with E-state index in [1.807, 2.05) is 6.92 Å². The lowest BCUT2D eigenvalue weighted by Gasteiger charge is -2.26. The van der Waals surface area contributed by atoms with E-state index in [1.165, 1.54) is 0 Å². The van der Waals surface area contributed by atoms with Gasteiger partial charge < -0.3 is 19.7 Å². The van der Waals surface area contributed by atoms with Crippen molar-refractivity contribution in [3.05, 3.63) is 0 Å². The number of rotatable bonds is 1. The third-order valence-electron chi connectivity index (χ3n) is 2.52. The minimum absolute atomic E-state index is 0.106. The van der Waals surface area contributed by atoms with Crippen LogP contribution < -0.4 is 0 Å². The van der Waals surface area contributed by atoms with E-state index in [1.54, 1.807) is 0 Å². The van der Waals surface area contributed by atoms with Gasteiger partial charge in [-0.2, -0.15) is 0 Å². The highest BCUT2D eigenvalue weighted by atomic mass is 16.6. The normalized spacial score (nSPS) is 55.4. The highest BCUT2D eigenvalue weighted by Gasteiger charge is 2.59. The Morgan fingerprint density at radius 3 is 2.64 bits per heavy atom. The second-order valence-corrected chi connectivity index (χ2v) is 3.27. The van der Waals surface area contributed by atoms with Crippen LogP contribution in [0.1, 0.15) is 6.92 Å². The summed E-state index contributed by atoms with van der Waals surface area (Å²) < 4.78 is 10.6. The maximum atomic E-state index is 9.54. The summed E-state index contributed by atoms with van der Waals surface area (Å²) in [7, 11) is 0. The van der Waals surface area contributed by atoms with Crippen LogP contribution in [-0.4, -0.2) is 47.3 Å². The number of ether oxygens (including phenoxy) is 2. The lowest BCUT2D eigenvalue weighted by Crippen LogP contribution is -2.44. The quantitative estimate of drug-likeness (QED) is 0.511. The van der Waals surface area contributed by atoms with E-state index in [-0.39, 0.29) is 18.8 Å². The predicted octanol–water partition coefficient (Wildman–Crippen LogP) is -1.10. The zero-order valence-corrected chi connectivity index (χ0v) is 6.36. The standard InChI is InChI=1S/C7H12O4/c1-4-5-6(9)7(2-8,11-4)3-10-5/h4-6,8-9H,2-3H2,1H3/t4?,5?,6-,7?/m0/s1. The third kappa shape index (κ3) is 0.780. The van der Waals surface area contributed by atoms with Gasteiger partial charge in [-0.25, -0.2) is 0 Å². The Balaban J connectivity index is 2.24. The minimum atomic E-state index is -0.829. The molecule has 3 unspecified atom stereocenters. The zero-order valence-electron chi connectivity index (χ0n) is 6.36. The van der Waals surface area contributed by atoms with Crippen molar-refractivity contribution in [1.82, 2.24) is 0 Å². The average molecular weight is 160 g/mol. The molecule has 64 valence electrons. The molecule has 11 heavy (non-hydrogen) atoms. The van der Waals surface area contributed by atoms with Gasteiger partial charge in [0, 0.05) is 0 Å². The van der Waals surface area contributed by atoms with Gasteiger partial charge in [0.25, 0.3) is 0 Å². The van der Waals surface area contributed by atoms with E-state index < -0.39 is 11.7 Å². The fourth-order valence-corrected chi connectivity index (χ4v) is 1.82. The van der Waals surface area contributed by atoms with Gasteiger partial charge in [-0.1, -0.05) is 0 Å². The van der Waals surface area contributed by atoms with Crippen molar-refractivity contribution in [3.8, 4) is 0 Å². The van der Waals surface area contributed by atoms with Crippen molar-refractivity contribution in [1.29, 1.82) is 0 Å². The molecule has 0 aromatic carbocycles. The lowest BCUT2D eigenvalue weighted by molar-refractivity contribution is -0.155. The minimum Gasteiger partial charge on any atom is -0.393 e. The molecular weight excluding hydrogens is 148 g/mol. The molecule has 2 bridgehead atoms. The van der Waals surface area contributed by atoms with E-state index in [4.69, 9.17) is 14.6 Å². The van der Waals surface area contributed by atoms with Gasteiger partial charge in [-0.15, -0.1) is 0 Å². The fourth-order valence-electron chi connectivity index (χ4n) is 1.82. The third-order valence-corrected chi connectivity index (χ3v) is 2.52. The Morgan fingerprint density at radius 1 is 1.64 bits per heavy atom. The lowest BCUT2D eigenvalue weighted by atomic mass is 10.0. The molecule has 2 aliphatic rings. The molecule has 0 spiro atoms. The highest BCUT2D eigenvalue weighted by Crippen LogP contribution is 2.39. The summed E-state index contributed by atoms with van der Waals surface area (Å²) in [5.41, 5.74) is -0.829. The van der Waals surface area contributed by atoms with Crippen LogP contribution in [0.5, 0.6) is 0 Å². The molecule has 4 atom stereocenters. The van der Waals surface area contributed by atoms with Crippen molar-refractivity contribution in [2.45, 2.75) is 30.8 Å². The Bertz CT molecular complexity index is 172. The highest BCUT2D eigenvalue weighted by molar-refractivity contribution is 5.06. The molecule has 2 saturated heterocycles. The van der Waals surface area contributed by atoms with Gasteiger partial charge in [-0.3, -0.25) is 0 Å². The summed E-state index contributed by atoms with van der Waals surface area (Å²) in [6.07, 6.45) is -1.02. The summed E-state index contributed by atoms with van der Waals surface area (Å²) in [4.78, 5) is 0. The SMILES string of the molecule is CC1OC2(CO)COC1[C@@H]2O. The van der Waals surface area contributed by atoms with Crippen molar-refractivity contribution in [2.24, 2.45) is 0 Å². The molecule has 0 radical (unpaired) electrons. The molecule has 2 N–H and O–H groups in total. The van der Waals surface area contributed by atoms with Crippen LogP contribution in [0.15, 0.2) is 0 Å². The summed E-state index contributed by atoms with van der Waals surface area (Å²) >= 11 is 0. The van der Waals surface area contributed by atoms with E-state index in [0.717, 1.165) is 0 Å². The first-order chi connectivity index (χ1) is 5.19. The van der Waals surface area contributed by atoms with Crippen molar-refractivity contribution in [2.75, 3.05) is 13.2 Å². The smallest absolute Gasteiger partial charge is 0.143 e. The molecular formula is C7H12O4. The van der Waals surface area contributed by atoms with Gasteiger partial charge in [0.2, 0.25) is 0 Å². The summed E-state index contributed by atoms with van der Waals surface area (Å²) in [6, 6.07) is 0. The number of hydrogen-bond acceptors (Lipinski definition) is 4. The first kappa shape index (κ1) is 7.49. The van der Waals surface area contributed by atoms with Crippen molar-refractivity contribution in [3.63, 3.8) is 0 Å². The molecule has 2 rings (SSSR count). The Hall–Kier alpha value is -0.160. The van der Waals surface area contributed by atoms with Crippen LogP contribution in [0.3, 0.4) is 0 Å². The van der Waals surface area contributed by atoms with Crippen LogP contribution >= 0.6 is 0 Å². The molecule has 0 saturated carbocycles. The van der Waals surface area contributed by atoms with Gasteiger partial charge >= 0.3 is 0 Å². The van der Waals surface area contributed by atoms with Crippen LogP contribution in [0.4, 0.5) is 0 Å². The van der Waals surface area contributed by atoms with E-state index in [0.29, 0.717) is 6.61 Å². The first-order valence-electron chi connectivity index (χ1n) is 3.78. The average Bonchev–Trinajstić information content (AvgIpc) is 2.42. The molecule has 0 aromatic rings. The molecule has 2 aliphatic heterocycles. The van der Waals surface area contributed by atoms with Gasteiger partial charge in [-0.05, 0) is 6.92 Å². The second-order valence-electron chi connectivity index (χ2n) is 3.27. The number of hydrogen-bond donors (Lipinski definition) is 2. The molecule has 0 amide bonds. The van der Waals surface area contributed by atoms with Gasteiger partial charge in [0.15, 0.2) is 0 Å². The van der Waals surface area contributed by atoms with Crippen LogP contribution in [0.2, 0.25) is 0 Å². The van der Waals surface area contributed by atoms with E-state index >= 15 is 0 Å². The van der Waals surface area contributed by atoms with Gasteiger partial charge in [0.1, 0.15) is 17.8 Å². The molecule has 0 aromatic heterocycles. The summed E-state index contributed by atoms with van der Waals surface area (Å²) in [6.45, 7) is 1.97. The van der Waals surface area contributed by atoms with Crippen LogP contribution in [-0.2, 0) is 9.47 Å². The Morgan fingerprint density at radius 2 is 2.36 bits per heavy atom. The fraction of sp³-hybridized carbons (Fsp3) is 1.00. The second kappa shape index (κ2) is 2.17. The molecule has 2 fully saturated rings. The Kier molecular flexibility index (Phi) is 1.47. The largest absolute Gasteiger partial charge is 0.393 e. The van der Waals surface area contributed by atoms with Crippen LogP contribution in [0.25, 0.3) is 0 Å². The van der Waals surface area contributed by atoms with Gasteiger partial charge in [0.05, 0.1) is 19.3 Å². The first-order valence-corrected chi connectivity index (χ1v) is 3.78. The monoisotopic (exact) mass is 160 g/mol. The summed E-state index contributed by atoms with van der Waals surface area (Å²) in [5, 5.41) is 18.5. The van der Waals surface area contributed by atoms with Crippen molar-refractivity contribution >= 4 is 0 Å². The number of aliphatic hydroxyl groups is 2. The summed E-state index contributed by atoms with van der Waals surface area (Å²) in [5.74, 6) is 0. The maximum absolute atomic E-state index is 9.54. The number of aliphatic hydroxyl groups excluding tert-OH is 2. The number of fused-ring (bicyclic) bond motifs is 2. The molecule has 4 heteroatoms. The maximum Gasteiger partial charge on any atom is 0.143 e. The molecule has 0 aliphatic carbocycles.